The highest BCUT2D eigenvalue weighted by atomic mass is 32.1. The average Bonchev–Trinajstić information content (AvgIpc) is 3.45. The molecule has 4 aromatic rings. The normalized spacial score (nSPS) is 15.2. The van der Waals surface area contributed by atoms with Crippen LogP contribution in [0.4, 0.5) is 0 Å². The second-order valence-electron chi connectivity index (χ2n) is 7.84. The van der Waals surface area contributed by atoms with Crippen molar-refractivity contribution in [3.05, 3.63) is 83.6 Å². The number of fused-ring (bicyclic) bond motifs is 1. The third-order valence-electron chi connectivity index (χ3n) is 5.80. The zero-order valence-electron chi connectivity index (χ0n) is 16.7. The summed E-state index contributed by atoms with van der Waals surface area (Å²) in [5, 5.41) is 0.848. The van der Waals surface area contributed by atoms with Gasteiger partial charge in [0.05, 0.1) is 10.2 Å². The fraction of sp³-hybridized carbons (Fsp3) is 0.231. The molecule has 2 heterocycles. The molecule has 1 fully saturated rings. The van der Waals surface area contributed by atoms with Crippen molar-refractivity contribution in [3.63, 3.8) is 0 Å². The van der Waals surface area contributed by atoms with E-state index in [4.69, 9.17) is 4.42 Å². The fourth-order valence-corrected chi connectivity index (χ4v) is 5.07. The van der Waals surface area contributed by atoms with E-state index in [2.05, 4.69) is 23.2 Å². The summed E-state index contributed by atoms with van der Waals surface area (Å²) in [6.45, 7) is 0. The minimum absolute atomic E-state index is 0.0110. The van der Waals surface area contributed by atoms with Crippen molar-refractivity contribution < 1.29 is 9.21 Å². The molecule has 0 bridgehead atoms. The molecule has 5 rings (SSSR count). The molecule has 0 N–H and O–H groups in total. The minimum Gasteiger partial charge on any atom is -0.454 e. The molecule has 150 valence electrons. The van der Waals surface area contributed by atoms with Gasteiger partial charge < -0.3 is 4.42 Å². The van der Waals surface area contributed by atoms with Crippen molar-refractivity contribution in [2.24, 2.45) is 0 Å². The van der Waals surface area contributed by atoms with Crippen LogP contribution in [-0.2, 0) is 0 Å². The number of allylic oxidation sites excluding steroid dienone is 1. The van der Waals surface area contributed by atoms with Gasteiger partial charge in [-0.3, -0.25) is 4.79 Å². The van der Waals surface area contributed by atoms with Crippen LogP contribution >= 0.6 is 11.3 Å². The number of carbonyl (C=O) groups excluding carboxylic acids is 1. The number of furan rings is 1. The molecule has 0 atom stereocenters. The van der Waals surface area contributed by atoms with Gasteiger partial charge in [-0.1, -0.05) is 55.7 Å². The van der Waals surface area contributed by atoms with Crippen LogP contribution in [0.2, 0.25) is 0 Å². The highest BCUT2D eigenvalue weighted by Crippen LogP contribution is 2.33. The molecular formula is C26H23NO2S. The van der Waals surface area contributed by atoms with E-state index in [0.717, 1.165) is 21.0 Å². The second kappa shape index (κ2) is 8.41. The smallest absolute Gasteiger partial charge is 0.185 e. The van der Waals surface area contributed by atoms with Crippen LogP contribution in [0.25, 0.3) is 27.1 Å². The van der Waals surface area contributed by atoms with Crippen molar-refractivity contribution in [1.82, 2.24) is 4.98 Å². The third kappa shape index (κ3) is 4.01. The lowest BCUT2D eigenvalue weighted by atomic mass is 9.84. The van der Waals surface area contributed by atoms with Crippen LogP contribution in [0.15, 0.2) is 71.2 Å². The third-order valence-corrected chi connectivity index (χ3v) is 6.85. The van der Waals surface area contributed by atoms with Gasteiger partial charge in [0.2, 0.25) is 0 Å². The number of ketones is 1. The summed E-state index contributed by atoms with van der Waals surface area (Å²) in [7, 11) is 0. The summed E-state index contributed by atoms with van der Waals surface area (Å²) in [6, 6.07) is 20.0. The van der Waals surface area contributed by atoms with E-state index in [0.29, 0.717) is 17.2 Å². The molecule has 0 radical (unpaired) electrons. The van der Waals surface area contributed by atoms with Gasteiger partial charge in [-0.05, 0) is 60.7 Å². The largest absolute Gasteiger partial charge is 0.454 e. The summed E-state index contributed by atoms with van der Waals surface area (Å²) >= 11 is 1.60. The zero-order valence-corrected chi connectivity index (χ0v) is 17.5. The molecule has 0 unspecified atom stereocenters. The predicted molar refractivity (Wildman–Crippen MR) is 123 cm³/mol. The molecule has 2 aromatic carbocycles. The first-order valence-corrected chi connectivity index (χ1v) is 11.4. The van der Waals surface area contributed by atoms with Crippen LogP contribution in [-0.4, -0.2) is 10.8 Å². The Labute approximate surface area is 180 Å². The number of thiazole rings is 1. The number of carbonyl (C=O) groups is 1. The Balaban J connectivity index is 1.27. The topological polar surface area (TPSA) is 43.1 Å². The van der Waals surface area contributed by atoms with Gasteiger partial charge in [-0.25, -0.2) is 4.98 Å². The fourth-order valence-electron chi connectivity index (χ4n) is 4.14. The van der Waals surface area contributed by atoms with Crippen molar-refractivity contribution in [2.45, 2.75) is 38.0 Å². The molecule has 0 spiro atoms. The Morgan fingerprint density at radius 2 is 1.77 bits per heavy atom. The van der Waals surface area contributed by atoms with Gasteiger partial charge in [0.15, 0.2) is 16.6 Å². The lowest BCUT2D eigenvalue weighted by Gasteiger charge is -2.21. The number of nitrogens with zero attached hydrogens (tertiary/aromatic N) is 1. The Morgan fingerprint density at radius 1 is 0.967 bits per heavy atom. The quantitative estimate of drug-likeness (QED) is 0.251. The van der Waals surface area contributed by atoms with Crippen LogP contribution in [0.1, 0.15) is 59.7 Å². The van der Waals surface area contributed by atoms with Crippen molar-refractivity contribution >= 4 is 33.4 Å². The summed E-state index contributed by atoms with van der Waals surface area (Å²) in [5.41, 5.74) is 3.04. The number of hydrogen-bond acceptors (Lipinski definition) is 4. The number of aromatic nitrogens is 1. The van der Waals surface area contributed by atoms with Gasteiger partial charge in [-0.15, -0.1) is 11.3 Å². The molecule has 4 heteroatoms. The lowest BCUT2D eigenvalue weighted by Crippen LogP contribution is -2.04. The van der Waals surface area contributed by atoms with Gasteiger partial charge in [-0.2, -0.15) is 0 Å². The van der Waals surface area contributed by atoms with Crippen LogP contribution in [0.5, 0.6) is 0 Å². The number of rotatable bonds is 5. The molecular weight excluding hydrogens is 390 g/mol. The van der Waals surface area contributed by atoms with E-state index >= 15 is 0 Å². The summed E-state index contributed by atoms with van der Waals surface area (Å²) in [4.78, 5) is 17.2. The molecule has 0 saturated heterocycles. The Morgan fingerprint density at radius 3 is 2.57 bits per heavy atom. The molecule has 0 aliphatic heterocycles. The van der Waals surface area contributed by atoms with E-state index in [9.17, 15) is 4.79 Å². The highest BCUT2D eigenvalue weighted by Gasteiger charge is 2.15. The van der Waals surface area contributed by atoms with Crippen LogP contribution < -0.4 is 0 Å². The summed E-state index contributed by atoms with van der Waals surface area (Å²) in [5.74, 6) is 2.02. The molecule has 3 nitrogen and oxygen atoms in total. The molecule has 1 aliphatic carbocycles. The Bertz CT molecular complexity index is 1160. The minimum atomic E-state index is -0.0110. The highest BCUT2D eigenvalue weighted by molar-refractivity contribution is 7.21. The average molecular weight is 414 g/mol. The molecule has 1 saturated carbocycles. The monoisotopic (exact) mass is 413 g/mol. The first kappa shape index (κ1) is 19.0. The van der Waals surface area contributed by atoms with Crippen molar-refractivity contribution in [3.8, 4) is 10.8 Å². The first-order chi connectivity index (χ1) is 14.8. The van der Waals surface area contributed by atoms with Gasteiger partial charge in [0.1, 0.15) is 5.76 Å². The predicted octanol–water partition coefficient (Wildman–Crippen LogP) is 7.50. The summed E-state index contributed by atoms with van der Waals surface area (Å²) < 4.78 is 7.03. The second-order valence-corrected chi connectivity index (χ2v) is 8.87. The van der Waals surface area contributed by atoms with E-state index in [1.807, 2.05) is 42.5 Å². The van der Waals surface area contributed by atoms with Crippen molar-refractivity contribution in [2.75, 3.05) is 0 Å². The van der Waals surface area contributed by atoms with Crippen LogP contribution in [0.3, 0.4) is 0 Å². The Kier molecular flexibility index (Phi) is 5.33. The Hall–Kier alpha value is -2.98. The maximum absolute atomic E-state index is 12.6. The number of hydrogen-bond donors (Lipinski definition) is 0. The number of benzene rings is 2. The molecule has 1 aliphatic rings. The molecule has 0 amide bonds. The maximum Gasteiger partial charge on any atom is 0.185 e. The first-order valence-electron chi connectivity index (χ1n) is 10.5. The SMILES string of the molecule is O=C(C=Cc1ccc(-c2nc3ccccc3s2)o1)c1ccc(C2CCCCC2)cc1. The van der Waals surface area contributed by atoms with Gasteiger partial charge in [0, 0.05) is 5.56 Å². The molecule has 2 aromatic heterocycles. The van der Waals surface area contributed by atoms with E-state index in [1.54, 1.807) is 23.5 Å². The van der Waals surface area contributed by atoms with Gasteiger partial charge in [0.25, 0.3) is 0 Å². The van der Waals surface area contributed by atoms with E-state index in [1.165, 1.54) is 37.7 Å². The zero-order chi connectivity index (χ0) is 20.3. The molecule has 30 heavy (non-hydrogen) atoms. The van der Waals surface area contributed by atoms with Crippen molar-refractivity contribution in [1.29, 1.82) is 0 Å². The lowest BCUT2D eigenvalue weighted by molar-refractivity contribution is 0.104. The van der Waals surface area contributed by atoms with E-state index in [-0.39, 0.29) is 5.78 Å². The number of para-hydroxylation sites is 1. The maximum atomic E-state index is 12.6. The van der Waals surface area contributed by atoms with Crippen LogP contribution in [0, 0.1) is 0 Å². The standard InChI is InChI=1S/C26H23NO2S/c28-23(20-12-10-19(11-13-20)18-6-2-1-3-7-18)16-14-21-15-17-24(29-21)26-27-22-8-4-5-9-25(22)30-26/h4-5,8-18H,1-3,6-7H2. The van der Waals surface area contributed by atoms with Gasteiger partial charge >= 0.3 is 0 Å². The van der Waals surface area contributed by atoms with E-state index < -0.39 is 0 Å². The summed E-state index contributed by atoms with van der Waals surface area (Å²) in [6.07, 6.45) is 9.83.